The number of piperidine rings is 1. The Labute approximate surface area is 287 Å². The van der Waals surface area contributed by atoms with Crippen LogP contribution in [0.25, 0.3) is 21.5 Å². The molecule has 252 valence electrons. The third-order valence-electron chi connectivity index (χ3n) is 11.9. The van der Waals surface area contributed by atoms with Crippen molar-refractivity contribution in [2.24, 2.45) is 5.41 Å². The lowest BCUT2D eigenvalue weighted by atomic mass is 9.69. The van der Waals surface area contributed by atoms with Gasteiger partial charge in [0.25, 0.3) is 11.8 Å². The van der Waals surface area contributed by atoms with E-state index >= 15 is 0 Å². The van der Waals surface area contributed by atoms with E-state index in [9.17, 15) is 9.59 Å². The monoisotopic (exact) mass is 643 g/mol. The minimum Gasteiger partial charge on any atom is -0.338 e. The summed E-state index contributed by atoms with van der Waals surface area (Å²) in [6, 6.07) is 25.0. The van der Waals surface area contributed by atoms with Crippen LogP contribution in [0, 0.1) is 19.3 Å². The van der Waals surface area contributed by atoms with Crippen LogP contribution in [0.2, 0.25) is 0 Å². The third kappa shape index (κ3) is 6.89. The molecular formula is C43H53N3O2. The average molecular weight is 644 g/mol. The normalized spacial score (nSPS) is 20.5. The lowest BCUT2D eigenvalue weighted by molar-refractivity contribution is 0.0386. The van der Waals surface area contributed by atoms with Gasteiger partial charge in [-0.15, -0.1) is 0 Å². The van der Waals surface area contributed by atoms with Crippen LogP contribution >= 0.6 is 0 Å². The van der Waals surface area contributed by atoms with Crippen LogP contribution < -0.4 is 5.32 Å². The molecule has 0 bridgehead atoms. The number of nitrogens with zero attached hydrogens (tertiary/aromatic N) is 2. The van der Waals surface area contributed by atoms with E-state index in [1.54, 1.807) is 0 Å². The van der Waals surface area contributed by atoms with Gasteiger partial charge in [0.1, 0.15) is 0 Å². The maximum Gasteiger partial charge on any atom is 0.254 e. The third-order valence-corrected chi connectivity index (χ3v) is 11.9. The SMILES string of the molecule is Cc1ccc2cccc(C(=O)N3CCCC4(CCCCC4)C3)c2c1.Cc1ccc2cccc(C(=O)N3CCNC4(CCCCC4)C3)c2c1. The van der Waals surface area contributed by atoms with Crippen LogP contribution in [-0.4, -0.2) is 59.9 Å². The highest BCUT2D eigenvalue weighted by Crippen LogP contribution is 2.43. The Morgan fingerprint density at radius 1 is 0.583 bits per heavy atom. The molecule has 2 aliphatic heterocycles. The minimum absolute atomic E-state index is 0.159. The first-order valence-corrected chi connectivity index (χ1v) is 18.7. The van der Waals surface area contributed by atoms with Gasteiger partial charge in [-0.1, -0.05) is 110 Å². The number of rotatable bonds is 2. The number of fused-ring (bicyclic) bond motifs is 2. The van der Waals surface area contributed by atoms with Gasteiger partial charge in [-0.2, -0.15) is 0 Å². The predicted octanol–water partition coefficient (Wildman–Crippen LogP) is 9.23. The van der Waals surface area contributed by atoms with Gasteiger partial charge in [0.05, 0.1) is 0 Å². The highest BCUT2D eigenvalue weighted by molar-refractivity contribution is 6.08. The zero-order valence-corrected chi connectivity index (χ0v) is 29.2. The number of carbonyl (C=O) groups is 2. The van der Waals surface area contributed by atoms with E-state index in [-0.39, 0.29) is 17.4 Å². The van der Waals surface area contributed by atoms with Crippen LogP contribution in [0.15, 0.2) is 72.8 Å². The summed E-state index contributed by atoms with van der Waals surface area (Å²) >= 11 is 0. The molecule has 2 amide bonds. The summed E-state index contributed by atoms with van der Waals surface area (Å²) in [6.07, 6.45) is 15.4. The summed E-state index contributed by atoms with van der Waals surface area (Å²) in [5.74, 6) is 0.425. The van der Waals surface area contributed by atoms with E-state index in [1.165, 1.54) is 81.8 Å². The second-order valence-electron chi connectivity index (χ2n) is 15.4. The molecule has 4 fully saturated rings. The van der Waals surface area contributed by atoms with Gasteiger partial charge in [-0.05, 0) is 91.5 Å². The van der Waals surface area contributed by atoms with Crippen LogP contribution in [0.5, 0.6) is 0 Å². The van der Waals surface area contributed by atoms with Crippen LogP contribution in [0.3, 0.4) is 0 Å². The number of carbonyl (C=O) groups excluding carboxylic acids is 2. The fourth-order valence-electron chi connectivity index (χ4n) is 9.27. The molecule has 2 saturated heterocycles. The Hall–Kier alpha value is -3.70. The number of benzene rings is 4. The van der Waals surface area contributed by atoms with Crippen molar-refractivity contribution in [3.63, 3.8) is 0 Å². The van der Waals surface area contributed by atoms with E-state index in [2.05, 4.69) is 77.5 Å². The second kappa shape index (κ2) is 14.0. The standard InChI is InChI=1S/C22H27NO.C21H26N2O/c1-17-9-10-18-7-5-8-19(20(18)15-17)21(24)23-14-6-13-22(16-23)11-3-2-4-12-22;1-16-8-9-17-6-5-7-18(19(17)14-16)20(24)23-13-12-22-21(15-23)10-3-2-4-11-21/h5,7-10,15H,2-4,6,11-14,16H2,1H3;5-9,14,22H,2-4,10-13,15H2,1H3. The molecule has 0 radical (unpaired) electrons. The molecule has 48 heavy (non-hydrogen) atoms. The second-order valence-corrected chi connectivity index (χ2v) is 15.4. The molecule has 2 heterocycles. The molecule has 0 aromatic heterocycles. The predicted molar refractivity (Wildman–Crippen MR) is 198 cm³/mol. The number of nitrogens with one attached hydrogen (secondary N) is 1. The molecule has 5 heteroatoms. The van der Waals surface area contributed by atoms with Crippen molar-refractivity contribution in [3.05, 3.63) is 95.1 Å². The molecule has 4 aromatic rings. The number of piperazine rings is 1. The van der Waals surface area contributed by atoms with Gasteiger partial charge in [0, 0.05) is 49.4 Å². The topological polar surface area (TPSA) is 52.7 Å². The smallest absolute Gasteiger partial charge is 0.254 e. The summed E-state index contributed by atoms with van der Waals surface area (Å²) < 4.78 is 0. The van der Waals surface area contributed by atoms with Crippen molar-refractivity contribution >= 4 is 33.4 Å². The van der Waals surface area contributed by atoms with Crippen molar-refractivity contribution in [1.82, 2.24) is 15.1 Å². The van der Waals surface area contributed by atoms with Gasteiger partial charge >= 0.3 is 0 Å². The Kier molecular flexibility index (Phi) is 9.60. The first-order chi connectivity index (χ1) is 23.3. The van der Waals surface area contributed by atoms with Crippen LogP contribution in [0.1, 0.15) is 109 Å². The number of aryl methyl sites for hydroxylation is 2. The highest BCUT2D eigenvalue weighted by atomic mass is 16.2. The Morgan fingerprint density at radius 2 is 1.10 bits per heavy atom. The van der Waals surface area contributed by atoms with Gasteiger partial charge < -0.3 is 15.1 Å². The van der Waals surface area contributed by atoms with Crippen molar-refractivity contribution in [2.45, 2.75) is 96.4 Å². The molecule has 2 spiro atoms. The summed E-state index contributed by atoms with van der Waals surface area (Å²) in [5.41, 5.74) is 4.71. The lowest BCUT2D eigenvalue weighted by Crippen LogP contribution is -2.62. The molecule has 8 rings (SSSR count). The van der Waals surface area contributed by atoms with E-state index in [4.69, 9.17) is 0 Å². The first kappa shape index (κ1) is 32.8. The summed E-state index contributed by atoms with van der Waals surface area (Å²) in [7, 11) is 0. The van der Waals surface area contributed by atoms with Crippen LogP contribution in [-0.2, 0) is 0 Å². The number of likely N-dealkylation sites (tertiary alicyclic amines) is 1. The fourth-order valence-corrected chi connectivity index (χ4v) is 9.27. The number of hydrogen-bond donors (Lipinski definition) is 1. The lowest BCUT2D eigenvalue weighted by Gasteiger charge is -2.46. The molecule has 0 unspecified atom stereocenters. The zero-order chi connectivity index (χ0) is 33.1. The number of amides is 2. The van der Waals surface area contributed by atoms with E-state index in [0.29, 0.717) is 5.41 Å². The zero-order valence-electron chi connectivity index (χ0n) is 29.2. The Morgan fingerprint density at radius 3 is 1.69 bits per heavy atom. The molecule has 4 aromatic carbocycles. The molecule has 0 atom stereocenters. The van der Waals surface area contributed by atoms with E-state index < -0.39 is 0 Å². The van der Waals surface area contributed by atoms with E-state index in [1.807, 2.05) is 24.3 Å². The van der Waals surface area contributed by atoms with Crippen molar-refractivity contribution in [2.75, 3.05) is 32.7 Å². The number of hydrogen-bond acceptors (Lipinski definition) is 3. The summed E-state index contributed by atoms with van der Waals surface area (Å²) in [6.45, 7) is 8.64. The van der Waals surface area contributed by atoms with Crippen molar-refractivity contribution in [3.8, 4) is 0 Å². The maximum atomic E-state index is 13.3. The summed E-state index contributed by atoms with van der Waals surface area (Å²) in [5, 5.41) is 8.22. The first-order valence-electron chi connectivity index (χ1n) is 18.7. The summed E-state index contributed by atoms with van der Waals surface area (Å²) in [4.78, 5) is 30.8. The van der Waals surface area contributed by atoms with Gasteiger partial charge in [-0.3, -0.25) is 9.59 Å². The van der Waals surface area contributed by atoms with Gasteiger partial charge in [0.2, 0.25) is 0 Å². The Balaban J connectivity index is 0.000000152. The molecular weight excluding hydrogens is 590 g/mol. The quantitative estimate of drug-likeness (QED) is 0.237. The van der Waals surface area contributed by atoms with E-state index in [0.717, 1.165) is 71.8 Å². The van der Waals surface area contributed by atoms with Crippen molar-refractivity contribution < 1.29 is 9.59 Å². The fraction of sp³-hybridized carbons (Fsp3) is 0.488. The highest BCUT2D eigenvalue weighted by Gasteiger charge is 2.39. The Bertz CT molecular complexity index is 1640. The van der Waals surface area contributed by atoms with Gasteiger partial charge in [0.15, 0.2) is 0 Å². The van der Waals surface area contributed by atoms with Gasteiger partial charge in [-0.25, -0.2) is 0 Å². The molecule has 2 aliphatic carbocycles. The maximum absolute atomic E-state index is 13.3. The minimum atomic E-state index is 0.159. The van der Waals surface area contributed by atoms with Crippen LogP contribution in [0.4, 0.5) is 0 Å². The molecule has 2 saturated carbocycles. The molecule has 1 N–H and O–H groups in total. The molecule has 4 aliphatic rings. The average Bonchev–Trinajstić information content (AvgIpc) is 3.11. The molecule has 5 nitrogen and oxygen atoms in total. The largest absolute Gasteiger partial charge is 0.338 e. The van der Waals surface area contributed by atoms with Crippen molar-refractivity contribution in [1.29, 1.82) is 0 Å².